The van der Waals surface area contributed by atoms with Gasteiger partial charge in [0.15, 0.2) is 0 Å². The van der Waals surface area contributed by atoms with Gasteiger partial charge in [0.2, 0.25) is 5.91 Å². The van der Waals surface area contributed by atoms with Crippen molar-refractivity contribution < 1.29 is 4.79 Å². The van der Waals surface area contributed by atoms with Gasteiger partial charge < -0.3 is 9.88 Å². The number of aromatic nitrogens is 3. The Kier molecular flexibility index (Phi) is 5.89. The molecule has 1 amide bonds. The van der Waals surface area contributed by atoms with Crippen LogP contribution in [0.4, 0.5) is 5.69 Å². The predicted molar refractivity (Wildman–Crippen MR) is 129 cm³/mol. The lowest BCUT2D eigenvalue weighted by molar-refractivity contribution is -0.117. The number of amides is 1. The van der Waals surface area contributed by atoms with Gasteiger partial charge in [-0.15, -0.1) is 0 Å². The first-order valence-electron chi connectivity index (χ1n) is 10.4. The van der Waals surface area contributed by atoms with Crippen LogP contribution < -0.4 is 10.9 Å². The summed E-state index contributed by atoms with van der Waals surface area (Å²) in [4.78, 5) is 25.8. The fourth-order valence-corrected chi connectivity index (χ4v) is 4.37. The Bertz CT molecular complexity index is 1380. The van der Waals surface area contributed by atoms with E-state index in [4.69, 9.17) is 11.6 Å². The number of anilines is 1. The van der Waals surface area contributed by atoms with Crippen LogP contribution >= 0.6 is 11.6 Å². The smallest absolute Gasteiger partial charge is 0.276 e. The number of benzene rings is 2. The molecule has 0 saturated heterocycles. The van der Waals surface area contributed by atoms with Crippen LogP contribution in [-0.4, -0.2) is 20.3 Å². The Morgan fingerprint density at radius 2 is 1.72 bits per heavy atom. The summed E-state index contributed by atoms with van der Waals surface area (Å²) in [6.45, 7) is 8.22. The molecule has 0 saturated carbocycles. The highest BCUT2D eigenvalue weighted by atomic mass is 35.5. The van der Waals surface area contributed by atoms with Gasteiger partial charge >= 0.3 is 0 Å². The minimum atomic E-state index is -0.297. The lowest BCUT2D eigenvalue weighted by Gasteiger charge is -2.10. The minimum Gasteiger partial charge on any atom is -0.343 e. The molecule has 0 fully saturated rings. The molecule has 0 aliphatic rings. The summed E-state index contributed by atoms with van der Waals surface area (Å²) < 4.78 is 3.28. The van der Waals surface area contributed by atoms with Crippen LogP contribution in [0.15, 0.2) is 53.5 Å². The number of nitrogens with one attached hydrogen (secondary N) is 1. The lowest BCUT2D eigenvalue weighted by Crippen LogP contribution is -2.29. The van der Waals surface area contributed by atoms with Gasteiger partial charge in [-0.1, -0.05) is 35.9 Å². The zero-order valence-electron chi connectivity index (χ0n) is 18.6. The Morgan fingerprint density at radius 3 is 2.41 bits per heavy atom. The van der Waals surface area contributed by atoms with Crippen molar-refractivity contribution in [3.63, 3.8) is 0 Å². The summed E-state index contributed by atoms with van der Waals surface area (Å²) in [5.41, 5.74) is 5.28. The second-order valence-corrected chi connectivity index (χ2v) is 8.58. The van der Waals surface area contributed by atoms with E-state index in [-0.39, 0.29) is 18.0 Å². The molecule has 7 heteroatoms. The first-order chi connectivity index (χ1) is 15.2. The molecular weight excluding hydrogens is 424 g/mol. The third-order valence-corrected chi connectivity index (χ3v) is 6.06. The number of halogens is 1. The monoisotopic (exact) mass is 448 g/mol. The van der Waals surface area contributed by atoms with Crippen LogP contribution in [0.1, 0.15) is 28.1 Å². The second-order valence-electron chi connectivity index (χ2n) is 8.17. The van der Waals surface area contributed by atoms with Crippen LogP contribution in [-0.2, 0) is 17.9 Å². The van der Waals surface area contributed by atoms with Gasteiger partial charge in [-0.2, -0.15) is 5.10 Å². The third-order valence-electron chi connectivity index (χ3n) is 5.69. The zero-order valence-corrected chi connectivity index (χ0v) is 19.3. The summed E-state index contributed by atoms with van der Waals surface area (Å²) in [6.07, 6.45) is 1.66. The Hall–Kier alpha value is -3.38. The number of nitrogens with zero attached hydrogens (tertiary/aromatic N) is 3. The quantitative estimate of drug-likeness (QED) is 0.478. The summed E-state index contributed by atoms with van der Waals surface area (Å²) in [6, 6.07) is 13.5. The van der Waals surface area contributed by atoms with Gasteiger partial charge in [-0.05, 0) is 62.6 Å². The number of carbonyl (C=O) groups is 1. The lowest BCUT2D eigenvalue weighted by atomic mass is 10.1. The second kappa shape index (κ2) is 8.63. The van der Waals surface area contributed by atoms with Crippen LogP contribution in [0.25, 0.3) is 10.8 Å². The molecule has 0 spiro atoms. The summed E-state index contributed by atoms with van der Waals surface area (Å²) in [5.74, 6) is -0.297. The third kappa shape index (κ3) is 4.18. The van der Waals surface area contributed by atoms with E-state index in [2.05, 4.69) is 15.0 Å². The molecule has 0 radical (unpaired) electrons. The number of hydrogen-bond donors (Lipinski definition) is 1. The average molecular weight is 449 g/mol. The fraction of sp³-hybridized carbons (Fsp3) is 0.240. The molecular formula is C25H25ClN4O2. The standard InChI is InChI=1S/C25H25ClN4O2/c1-15-9-16(2)11-20(10-15)28-23(31)14-30-25(32)24-18(4)29(17(3)21(24)12-27-30)13-19-7-5-6-8-22(19)26/h5-12H,13-14H2,1-4H3,(H,28,31). The van der Waals surface area contributed by atoms with Gasteiger partial charge in [0.05, 0.1) is 11.6 Å². The maximum absolute atomic E-state index is 13.2. The fourth-order valence-electron chi connectivity index (χ4n) is 4.17. The van der Waals surface area contributed by atoms with Crippen molar-refractivity contribution in [1.82, 2.24) is 14.3 Å². The molecule has 4 rings (SSSR count). The van der Waals surface area contributed by atoms with Gasteiger partial charge in [0.25, 0.3) is 5.56 Å². The number of rotatable bonds is 5. The van der Waals surface area contributed by atoms with E-state index in [1.165, 1.54) is 4.68 Å². The molecule has 0 aliphatic carbocycles. The first kappa shape index (κ1) is 21.8. The molecule has 2 aromatic heterocycles. The van der Waals surface area contributed by atoms with Crippen molar-refractivity contribution in [2.24, 2.45) is 0 Å². The molecule has 1 N–H and O–H groups in total. The topological polar surface area (TPSA) is 68.9 Å². The molecule has 32 heavy (non-hydrogen) atoms. The van der Waals surface area contributed by atoms with Crippen molar-refractivity contribution >= 4 is 34.0 Å². The summed E-state index contributed by atoms with van der Waals surface area (Å²) in [7, 11) is 0. The highest BCUT2D eigenvalue weighted by Gasteiger charge is 2.18. The van der Waals surface area contributed by atoms with E-state index in [1.54, 1.807) is 6.20 Å². The summed E-state index contributed by atoms with van der Waals surface area (Å²) >= 11 is 6.34. The zero-order chi connectivity index (χ0) is 23.0. The molecule has 0 atom stereocenters. The summed E-state index contributed by atoms with van der Waals surface area (Å²) in [5, 5.41) is 9.16. The minimum absolute atomic E-state index is 0.157. The van der Waals surface area contributed by atoms with Crippen LogP contribution in [0.3, 0.4) is 0 Å². The number of carbonyl (C=O) groups excluding carboxylic acids is 1. The molecule has 4 aromatic rings. The van der Waals surface area contributed by atoms with E-state index < -0.39 is 0 Å². The van der Waals surface area contributed by atoms with Crippen LogP contribution in [0.2, 0.25) is 5.02 Å². The number of hydrogen-bond acceptors (Lipinski definition) is 3. The van der Waals surface area contributed by atoms with Crippen molar-refractivity contribution in [2.75, 3.05) is 5.32 Å². The van der Waals surface area contributed by atoms with Crippen molar-refractivity contribution in [3.8, 4) is 0 Å². The highest BCUT2D eigenvalue weighted by molar-refractivity contribution is 6.31. The van der Waals surface area contributed by atoms with E-state index in [1.807, 2.05) is 70.2 Å². The molecule has 0 unspecified atom stereocenters. The van der Waals surface area contributed by atoms with Gasteiger partial charge in [-0.3, -0.25) is 9.59 Å². The average Bonchev–Trinajstić information content (AvgIpc) is 2.96. The van der Waals surface area contributed by atoms with E-state index in [0.29, 0.717) is 22.6 Å². The van der Waals surface area contributed by atoms with Crippen molar-refractivity contribution in [1.29, 1.82) is 0 Å². The largest absolute Gasteiger partial charge is 0.343 e. The molecule has 0 bridgehead atoms. The molecule has 164 valence electrons. The van der Waals surface area contributed by atoms with Crippen LogP contribution in [0.5, 0.6) is 0 Å². The first-order valence-corrected chi connectivity index (χ1v) is 10.8. The van der Waals surface area contributed by atoms with E-state index in [0.717, 1.165) is 33.5 Å². The highest BCUT2D eigenvalue weighted by Crippen LogP contribution is 2.25. The van der Waals surface area contributed by atoms with Crippen molar-refractivity contribution in [2.45, 2.75) is 40.8 Å². The molecule has 2 heterocycles. The maximum atomic E-state index is 13.2. The van der Waals surface area contributed by atoms with Gasteiger partial charge in [0, 0.05) is 34.0 Å². The van der Waals surface area contributed by atoms with E-state index in [9.17, 15) is 9.59 Å². The normalized spacial score (nSPS) is 11.2. The van der Waals surface area contributed by atoms with Crippen molar-refractivity contribution in [3.05, 3.63) is 92.1 Å². The number of fused-ring (bicyclic) bond motifs is 1. The molecule has 2 aromatic carbocycles. The number of aryl methyl sites for hydroxylation is 4. The van der Waals surface area contributed by atoms with Crippen LogP contribution in [0, 0.1) is 27.7 Å². The maximum Gasteiger partial charge on any atom is 0.276 e. The SMILES string of the molecule is Cc1cc(C)cc(NC(=O)Cn2ncc3c(C)n(Cc4ccccc4Cl)c(C)c3c2=O)c1. The van der Waals surface area contributed by atoms with E-state index >= 15 is 0 Å². The Labute approximate surface area is 191 Å². The van der Waals surface area contributed by atoms with Gasteiger partial charge in [0.1, 0.15) is 6.54 Å². The Morgan fingerprint density at radius 1 is 1.03 bits per heavy atom. The van der Waals surface area contributed by atoms with Gasteiger partial charge in [-0.25, -0.2) is 4.68 Å². The molecule has 6 nitrogen and oxygen atoms in total. The molecule has 0 aliphatic heterocycles. The Balaban J connectivity index is 1.65. The predicted octanol–water partition coefficient (Wildman–Crippen LogP) is 4.77.